The number of ether oxygens (including phenoxy) is 2. The lowest BCUT2D eigenvalue weighted by atomic mass is 10.3. The Bertz CT molecular complexity index is 409. The van der Waals surface area contributed by atoms with Gasteiger partial charge in [-0.05, 0) is 30.4 Å². The second-order valence-corrected chi connectivity index (χ2v) is 4.45. The van der Waals surface area contributed by atoms with Gasteiger partial charge in [-0.1, -0.05) is 36.4 Å². The Morgan fingerprint density at radius 2 is 1.21 bits per heavy atom. The second kappa shape index (κ2) is 8.95. The largest absolute Gasteiger partial charge is 0.455 e. The number of benzene rings is 2. The molecule has 0 aromatic heterocycles. The SMILES string of the molecule is Br.PCCC(Oc1ccccc1)Oc1ccccc1. The maximum Gasteiger partial charge on any atom is 0.241 e. The van der Waals surface area contributed by atoms with Crippen LogP contribution in [0.3, 0.4) is 0 Å². The Labute approximate surface area is 127 Å². The molecule has 0 saturated heterocycles. The number of hydrogen-bond donors (Lipinski definition) is 0. The van der Waals surface area contributed by atoms with Crippen LogP contribution in [-0.4, -0.2) is 12.5 Å². The molecule has 2 aromatic carbocycles. The summed E-state index contributed by atoms with van der Waals surface area (Å²) in [6, 6.07) is 19.5. The molecule has 0 aliphatic rings. The van der Waals surface area contributed by atoms with Crippen LogP contribution in [0.25, 0.3) is 0 Å². The molecule has 0 fully saturated rings. The van der Waals surface area contributed by atoms with Gasteiger partial charge in [0.25, 0.3) is 0 Å². The van der Waals surface area contributed by atoms with Crippen LogP contribution in [0.4, 0.5) is 0 Å². The van der Waals surface area contributed by atoms with Gasteiger partial charge in [0, 0.05) is 6.42 Å². The summed E-state index contributed by atoms with van der Waals surface area (Å²) in [5.41, 5.74) is 0. The van der Waals surface area contributed by atoms with Gasteiger partial charge in [-0.3, -0.25) is 0 Å². The Balaban J connectivity index is 0.00000180. The van der Waals surface area contributed by atoms with Crippen LogP contribution in [0.5, 0.6) is 11.5 Å². The van der Waals surface area contributed by atoms with Crippen LogP contribution < -0.4 is 9.47 Å². The fourth-order valence-corrected chi connectivity index (χ4v) is 1.85. The van der Waals surface area contributed by atoms with Gasteiger partial charge in [0.05, 0.1) is 0 Å². The molecule has 1 atom stereocenters. The minimum absolute atomic E-state index is 0. The quantitative estimate of drug-likeness (QED) is 0.576. The van der Waals surface area contributed by atoms with Crippen molar-refractivity contribution in [3.63, 3.8) is 0 Å². The Morgan fingerprint density at radius 1 is 0.789 bits per heavy atom. The molecule has 0 aliphatic carbocycles. The first-order valence-electron chi connectivity index (χ1n) is 6.02. The lowest BCUT2D eigenvalue weighted by molar-refractivity contribution is 0.00423. The van der Waals surface area contributed by atoms with E-state index < -0.39 is 0 Å². The van der Waals surface area contributed by atoms with E-state index in [0.29, 0.717) is 0 Å². The fourth-order valence-electron chi connectivity index (χ4n) is 1.58. The predicted octanol–water partition coefficient (Wildman–Crippen LogP) is 4.31. The second-order valence-electron chi connectivity index (χ2n) is 3.87. The third kappa shape index (κ3) is 5.63. The van der Waals surface area contributed by atoms with Crippen molar-refractivity contribution < 1.29 is 9.47 Å². The Morgan fingerprint density at radius 3 is 1.58 bits per heavy atom. The highest BCUT2D eigenvalue weighted by Gasteiger charge is 2.10. The van der Waals surface area contributed by atoms with Crippen molar-refractivity contribution in [1.82, 2.24) is 0 Å². The number of hydrogen-bond acceptors (Lipinski definition) is 2. The van der Waals surface area contributed by atoms with E-state index in [2.05, 4.69) is 9.24 Å². The molecule has 0 bridgehead atoms. The summed E-state index contributed by atoms with van der Waals surface area (Å²) in [7, 11) is 2.70. The summed E-state index contributed by atoms with van der Waals surface area (Å²) < 4.78 is 11.6. The molecule has 102 valence electrons. The van der Waals surface area contributed by atoms with Gasteiger partial charge >= 0.3 is 0 Å². The average molecular weight is 341 g/mol. The van der Waals surface area contributed by atoms with Gasteiger partial charge in [0.15, 0.2) is 0 Å². The normalized spacial score (nSPS) is 9.79. The Hall–Kier alpha value is -1.05. The van der Waals surface area contributed by atoms with E-state index in [-0.39, 0.29) is 23.3 Å². The summed E-state index contributed by atoms with van der Waals surface area (Å²) in [6.07, 6.45) is 1.51. The van der Waals surface area contributed by atoms with Crippen LogP contribution in [-0.2, 0) is 0 Å². The molecular formula is C15H18BrO2P. The molecule has 2 rings (SSSR count). The van der Waals surface area contributed by atoms with Crippen molar-refractivity contribution in [2.45, 2.75) is 12.7 Å². The van der Waals surface area contributed by atoms with Crippen molar-refractivity contribution in [3.05, 3.63) is 60.7 Å². The first-order chi connectivity index (χ1) is 8.88. The summed E-state index contributed by atoms with van der Waals surface area (Å²) in [5.74, 6) is 1.66. The zero-order valence-electron chi connectivity index (χ0n) is 10.6. The highest BCUT2D eigenvalue weighted by Crippen LogP contribution is 2.17. The van der Waals surface area contributed by atoms with E-state index in [1.807, 2.05) is 60.7 Å². The van der Waals surface area contributed by atoms with Crippen molar-refractivity contribution in [1.29, 1.82) is 0 Å². The number of rotatable bonds is 6. The summed E-state index contributed by atoms with van der Waals surface area (Å²) in [6.45, 7) is 0. The lowest BCUT2D eigenvalue weighted by Gasteiger charge is -2.20. The molecule has 4 heteroatoms. The van der Waals surface area contributed by atoms with Gasteiger partial charge in [0.1, 0.15) is 11.5 Å². The van der Waals surface area contributed by atoms with E-state index in [1.165, 1.54) is 0 Å². The van der Waals surface area contributed by atoms with Gasteiger partial charge in [-0.15, -0.1) is 26.2 Å². The first kappa shape index (κ1) is 16.0. The molecule has 0 heterocycles. The van der Waals surface area contributed by atoms with Gasteiger partial charge in [0.2, 0.25) is 6.29 Å². The minimum Gasteiger partial charge on any atom is -0.455 e. The van der Waals surface area contributed by atoms with E-state index in [0.717, 1.165) is 24.1 Å². The van der Waals surface area contributed by atoms with Gasteiger partial charge in [-0.25, -0.2) is 0 Å². The van der Waals surface area contributed by atoms with Crippen molar-refractivity contribution in [3.8, 4) is 11.5 Å². The molecule has 2 aromatic rings. The van der Waals surface area contributed by atoms with Crippen LogP contribution in [0.1, 0.15) is 6.42 Å². The van der Waals surface area contributed by atoms with E-state index in [1.54, 1.807) is 0 Å². The smallest absolute Gasteiger partial charge is 0.241 e. The fraction of sp³-hybridized carbons (Fsp3) is 0.200. The molecule has 0 radical (unpaired) electrons. The summed E-state index contributed by atoms with van der Waals surface area (Å²) in [5, 5.41) is 0. The summed E-state index contributed by atoms with van der Waals surface area (Å²) >= 11 is 0. The van der Waals surface area contributed by atoms with Crippen molar-refractivity contribution in [2.75, 3.05) is 6.16 Å². The lowest BCUT2D eigenvalue weighted by Crippen LogP contribution is -2.24. The number of halogens is 1. The zero-order valence-corrected chi connectivity index (χ0v) is 13.4. The first-order valence-corrected chi connectivity index (χ1v) is 6.83. The molecule has 0 spiro atoms. The maximum atomic E-state index is 5.82. The highest BCUT2D eigenvalue weighted by atomic mass is 79.9. The van der Waals surface area contributed by atoms with Crippen molar-refractivity contribution >= 4 is 26.2 Å². The standard InChI is InChI=1S/C15H17O2P.BrH/c18-12-11-15(16-13-7-3-1-4-8-13)17-14-9-5-2-6-10-14;/h1-10,15H,11-12,18H2;1H. The Kier molecular flexibility index (Phi) is 7.54. The summed E-state index contributed by atoms with van der Waals surface area (Å²) in [4.78, 5) is 0. The third-order valence-electron chi connectivity index (χ3n) is 2.42. The van der Waals surface area contributed by atoms with E-state index in [4.69, 9.17) is 9.47 Å². The molecule has 2 nitrogen and oxygen atoms in total. The van der Waals surface area contributed by atoms with Gasteiger partial charge < -0.3 is 9.47 Å². The topological polar surface area (TPSA) is 18.5 Å². The highest BCUT2D eigenvalue weighted by molar-refractivity contribution is 8.93. The van der Waals surface area contributed by atoms with Crippen LogP contribution in [0.2, 0.25) is 0 Å². The molecule has 0 amide bonds. The van der Waals surface area contributed by atoms with Crippen molar-refractivity contribution in [2.24, 2.45) is 0 Å². The zero-order chi connectivity index (χ0) is 12.6. The average Bonchev–Trinajstić information content (AvgIpc) is 2.41. The predicted molar refractivity (Wildman–Crippen MR) is 87.4 cm³/mol. The number of para-hydroxylation sites is 2. The van der Waals surface area contributed by atoms with Crippen LogP contribution in [0.15, 0.2) is 60.7 Å². The van der Waals surface area contributed by atoms with E-state index >= 15 is 0 Å². The van der Waals surface area contributed by atoms with Gasteiger partial charge in [-0.2, -0.15) is 0 Å². The van der Waals surface area contributed by atoms with E-state index in [9.17, 15) is 0 Å². The van der Waals surface area contributed by atoms with Crippen LogP contribution in [0, 0.1) is 0 Å². The minimum atomic E-state index is -0.257. The molecule has 19 heavy (non-hydrogen) atoms. The molecular weight excluding hydrogens is 323 g/mol. The third-order valence-corrected chi connectivity index (χ3v) is 2.76. The molecule has 1 unspecified atom stereocenters. The monoisotopic (exact) mass is 340 g/mol. The maximum absolute atomic E-state index is 5.82. The molecule has 0 aliphatic heterocycles. The molecule has 0 saturated carbocycles. The van der Waals surface area contributed by atoms with Crippen LogP contribution >= 0.6 is 26.2 Å². The molecule has 0 N–H and O–H groups in total.